The molecule has 2 atom stereocenters. The predicted molar refractivity (Wildman–Crippen MR) is 81.8 cm³/mol. The zero-order chi connectivity index (χ0) is 13.4. The van der Waals surface area contributed by atoms with Crippen LogP contribution in [0.15, 0.2) is 33.9 Å². The minimum Gasteiger partial charge on any atom is -0.378 e. The molecule has 0 fully saturated rings. The summed E-state index contributed by atoms with van der Waals surface area (Å²) in [7, 11) is 0. The summed E-state index contributed by atoms with van der Waals surface area (Å²) in [6.07, 6.45) is 1.07. The number of fused-ring (bicyclic) bond motifs is 1. The normalized spacial score (nSPS) is 22.1. The molecule has 0 amide bonds. The van der Waals surface area contributed by atoms with Crippen LogP contribution in [0.2, 0.25) is 0 Å². The van der Waals surface area contributed by atoms with Gasteiger partial charge in [-0.2, -0.15) is 0 Å². The molecule has 1 aromatic carbocycles. The number of hydrogen-bond donors (Lipinski definition) is 1. The Morgan fingerprint density at radius 2 is 2.16 bits per heavy atom. The van der Waals surface area contributed by atoms with Crippen LogP contribution in [0, 0.1) is 12.7 Å². The Morgan fingerprint density at radius 3 is 3.00 bits per heavy atom. The van der Waals surface area contributed by atoms with Gasteiger partial charge in [-0.05, 0) is 42.5 Å². The molecule has 1 aromatic heterocycles. The molecule has 100 valence electrons. The number of nitrogens with one attached hydrogen (secondary N) is 1. The van der Waals surface area contributed by atoms with Crippen molar-refractivity contribution in [3.05, 3.63) is 46.6 Å². The van der Waals surface area contributed by atoms with Crippen molar-refractivity contribution in [2.45, 2.75) is 35.8 Å². The maximum atomic E-state index is 13.6. The van der Waals surface area contributed by atoms with E-state index in [0.717, 1.165) is 12.1 Å². The molecule has 0 aliphatic carbocycles. The van der Waals surface area contributed by atoms with Crippen LogP contribution in [-0.2, 0) is 0 Å². The first-order valence-electron chi connectivity index (χ1n) is 6.41. The van der Waals surface area contributed by atoms with E-state index < -0.39 is 0 Å². The van der Waals surface area contributed by atoms with E-state index in [1.807, 2.05) is 24.8 Å². The highest BCUT2D eigenvalue weighted by molar-refractivity contribution is 8.01. The SMILES string of the molecule is Cc1c(F)cccc1NC1C[C@H](C)Sc2sccc21. The van der Waals surface area contributed by atoms with Crippen LogP contribution in [0.3, 0.4) is 0 Å². The van der Waals surface area contributed by atoms with Crippen molar-refractivity contribution >= 4 is 28.8 Å². The van der Waals surface area contributed by atoms with E-state index in [-0.39, 0.29) is 11.9 Å². The van der Waals surface area contributed by atoms with Crippen molar-refractivity contribution in [1.29, 1.82) is 0 Å². The Hall–Kier alpha value is -1.00. The number of halogens is 1. The lowest BCUT2D eigenvalue weighted by molar-refractivity contribution is 0.616. The highest BCUT2D eigenvalue weighted by atomic mass is 32.2. The average molecular weight is 293 g/mol. The van der Waals surface area contributed by atoms with Gasteiger partial charge in [0, 0.05) is 16.5 Å². The van der Waals surface area contributed by atoms with E-state index in [2.05, 4.69) is 23.7 Å². The zero-order valence-electron chi connectivity index (χ0n) is 10.9. The van der Waals surface area contributed by atoms with Crippen LogP contribution >= 0.6 is 23.1 Å². The second kappa shape index (κ2) is 5.17. The molecule has 3 rings (SSSR count). The Morgan fingerprint density at radius 1 is 1.32 bits per heavy atom. The van der Waals surface area contributed by atoms with E-state index >= 15 is 0 Å². The fourth-order valence-electron chi connectivity index (χ4n) is 2.44. The summed E-state index contributed by atoms with van der Waals surface area (Å²) in [6.45, 7) is 4.08. The van der Waals surface area contributed by atoms with Gasteiger partial charge >= 0.3 is 0 Å². The molecule has 0 spiro atoms. The van der Waals surface area contributed by atoms with Crippen LogP contribution in [0.25, 0.3) is 0 Å². The van der Waals surface area contributed by atoms with Crippen molar-refractivity contribution in [2.24, 2.45) is 0 Å². The number of hydrogen-bond acceptors (Lipinski definition) is 3. The highest BCUT2D eigenvalue weighted by Gasteiger charge is 2.26. The molecule has 4 heteroatoms. The molecule has 19 heavy (non-hydrogen) atoms. The summed E-state index contributed by atoms with van der Waals surface area (Å²) in [4.78, 5) is 0. The summed E-state index contributed by atoms with van der Waals surface area (Å²) >= 11 is 3.74. The summed E-state index contributed by atoms with van der Waals surface area (Å²) in [5.41, 5.74) is 2.96. The van der Waals surface area contributed by atoms with Gasteiger partial charge in [-0.1, -0.05) is 13.0 Å². The van der Waals surface area contributed by atoms with Crippen LogP contribution in [0.1, 0.15) is 30.5 Å². The van der Waals surface area contributed by atoms with Gasteiger partial charge in [-0.15, -0.1) is 23.1 Å². The van der Waals surface area contributed by atoms with Crippen LogP contribution < -0.4 is 5.32 Å². The maximum absolute atomic E-state index is 13.6. The quantitative estimate of drug-likeness (QED) is 0.813. The number of anilines is 1. The fourth-order valence-corrected chi connectivity index (χ4v) is 5.00. The third-order valence-electron chi connectivity index (χ3n) is 3.51. The first kappa shape index (κ1) is 13.0. The molecule has 0 bridgehead atoms. The molecule has 2 heterocycles. The number of thioether (sulfide) groups is 1. The minimum atomic E-state index is -0.145. The maximum Gasteiger partial charge on any atom is 0.128 e. The molecular formula is C15H16FNS2. The van der Waals surface area contributed by atoms with Crippen LogP contribution in [0.5, 0.6) is 0 Å². The largest absolute Gasteiger partial charge is 0.378 e. The molecule has 1 aliphatic rings. The molecule has 0 saturated heterocycles. The lowest BCUT2D eigenvalue weighted by atomic mass is 10.0. The van der Waals surface area contributed by atoms with Crippen molar-refractivity contribution in [1.82, 2.24) is 0 Å². The van der Waals surface area contributed by atoms with Crippen molar-refractivity contribution < 1.29 is 4.39 Å². The lowest BCUT2D eigenvalue weighted by Crippen LogP contribution is -2.19. The molecule has 1 nitrogen and oxygen atoms in total. The number of rotatable bonds is 2. The second-order valence-corrected chi connectivity index (χ2v) is 7.56. The summed E-state index contributed by atoms with van der Waals surface area (Å²) < 4.78 is 15.0. The summed E-state index contributed by atoms with van der Waals surface area (Å²) in [5, 5.41) is 6.25. The van der Waals surface area contributed by atoms with E-state index in [1.165, 1.54) is 15.8 Å². The van der Waals surface area contributed by atoms with Crippen molar-refractivity contribution in [3.8, 4) is 0 Å². The molecule has 0 saturated carbocycles. The van der Waals surface area contributed by atoms with Gasteiger partial charge in [0.15, 0.2) is 0 Å². The molecule has 1 unspecified atom stereocenters. The zero-order valence-corrected chi connectivity index (χ0v) is 12.6. The Bertz CT molecular complexity index is 594. The fraction of sp³-hybridized carbons (Fsp3) is 0.333. The van der Waals surface area contributed by atoms with E-state index in [9.17, 15) is 4.39 Å². The van der Waals surface area contributed by atoms with Crippen molar-refractivity contribution in [2.75, 3.05) is 5.32 Å². The van der Waals surface area contributed by atoms with Crippen LogP contribution in [0.4, 0.5) is 10.1 Å². The summed E-state index contributed by atoms with van der Waals surface area (Å²) in [5.74, 6) is -0.145. The van der Waals surface area contributed by atoms with Gasteiger partial charge in [0.25, 0.3) is 0 Å². The second-order valence-electron chi connectivity index (χ2n) is 4.94. The molecule has 1 N–H and O–H groups in total. The minimum absolute atomic E-state index is 0.145. The van der Waals surface area contributed by atoms with Gasteiger partial charge in [0.05, 0.1) is 10.3 Å². The molecule has 1 aliphatic heterocycles. The Labute approximate surface area is 121 Å². The molecule has 2 aromatic rings. The van der Waals surface area contributed by atoms with Gasteiger partial charge in [0.1, 0.15) is 5.82 Å². The lowest BCUT2D eigenvalue weighted by Gasteiger charge is -2.29. The van der Waals surface area contributed by atoms with Gasteiger partial charge in [-0.25, -0.2) is 4.39 Å². The smallest absolute Gasteiger partial charge is 0.128 e. The van der Waals surface area contributed by atoms with Gasteiger partial charge < -0.3 is 5.32 Å². The highest BCUT2D eigenvalue weighted by Crippen LogP contribution is 2.45. The average Bonchev–Trinajstić information content (AvgIpc) is 2.83. The standard InChI is InChI=1S/C15H16FNS2/c1-9-8-14(11-6-7-18-15(11)19-9)17-13-5-3-4-12(16)10(13)2/h3-7,9,14,17H,8H2,1-2H3/t9-,14?/m0/s1. The molecule has 0 radical (unpaired) electrons. The van der Waals surface area contributed by atoms with E-state index in [1.54, 1.807) is 17.4 Å². The third kappa shape index (κ3) is 2.51. The van der Waals surface area contributed by atoms with Gasteiger partial charge in [-0.3, -0.25) is 0 Å². The monoisotopic (exact) mass is 293 g/mol. The Kier molecular flexibility index (Phi) is 3.54. The first-order valence-corrected chi connectivity index (χ1v) is 8.17. The van der Waals surface area contributed by atoms with Crippen LogP contribution in [-0.4, -0.2) is 5.25 Å². The Balaban J connectivity index is 1.90. The van der Waals surface area contributed by atoms with Crippen molar-refractivity contribution in [3.63, 3.8) is 0 Å². The molecular weight excluding hydrogens is 277 g/mol. The summed E-state index contributed by atoms with van der Waals surface area (Å²) in [6, 6.07) is 7.70. The predicted octanol–water partition coefficient (Wildman–Crippen LogP) is 5.23. The van der Waals surface area contributed by atoms with Gasteiger partial charge in [0.2, 0.25) is 0 Å². The van der Waals surface area contributed by atoms with E-state index in [4.69, 9.17) is 0 Å². The topological polar surface area (TPSA) is 12.0 Å². The van der Waals surface area contributed by atoms with E-state index in [0.29, 0.717) is 10.8 Å². The number of thiophene rings is 1. The third-order valence-corrected chi connectivity index (χ3v) is 5.85. The first-order chi connectivity index (χ1) is 9.15. The number of benzene rings is 1.